The molecule has 6 nitrogen and oxygen atoms in total. The van der Waals surface area contributed by atoms with Gasteiger partial charge in [0.1, 0.15) is 11.4 Å². The molecule has 1 aliphatic heterocycles. The molecule has 3 rings (SSSR count). The zero-order valence-corrected chi connectivity index (χ0v) is 15.2. The molecule has 1 atom stereocenters. The Morgan fingerprint density at radius 2 is 2.26 bits per heavy atom. The number of hydrogen-bond acceptors (Lipinski definition) is 4. The van der Waals surface area contributed by atoms with Crippen molar-refractivity contribution in [3.63, 3.8) is 0 Å². The molecular formula is C16H21BrN4O2. The summed E-state index contributed by atoms with van der Waals surface area (Å²) in [5.74, 6) is 1.07. The molecule has 7 heteroatoms. The normalized spacial score (nSPS) is 19.1. The first kappa shape index (κ1) is 16.2. The summed E-state index contributed by atoms with van der Waals surface area (Å²) in [5, 5.41) is 0. The number of rotatable bonds is 1. The van der Waals surface area contributed by atoms with E-state index in [4.69, 9.17) is 4.74 Å². The van der Waals surface area contributed by atoms with Crippen LogP contribution in [0.25, 0.3) is 11.2 Å². The molecule has 1 amide bonds. The third-order valence-corrected chi connectivity index (χ3v) is 4.22. The second kappa shape index (κ2) is 6.11. The molecule has 0 saturated carbocycles. The Hall–Kier alpha value is -1.63. The summed E-state index contributed by atoms with van der Waals surface area (Å²) in [6.07, 6.45) is 3.43. The monoisotopic (exact) mass is 380 g/mol. The lowest BCUT2D eigenvalue weighted by Crippen LogP contribution is -2.42. The highest BCUT2D eigenvalue weighted by atomic mass is 79.9. The molecule has 1 fully saturated rings. The van der Waals surface area contributed by atoms with Crippen molar-refractivity contribution in [2.75, 3.05) is 13.1 Å². The fraction of sp³-hybridized carbons (Fsp3) is 0.562. The van der Waals surface area contributed by atoms with Gasteiger partial charge in [0.2, 0.25) is 0 Å². The van der Waals surface area contributed by atoms with E-state index >= 15 is 0 Å². The second-order valence-electron chi connectivity index (χ2n) is 6.91. The van der Waals surface area contributed by atoms with E-state index in [0.29, 0.717) is 12.2 Å². The number of piperidine rings is 1. The molecule has 0 unspecified atom stereocenters. The average molecular weight is 381 g/mol. The molecular weight excluding hydrogens is 360 g/mol. The van der Waals surface area contributed by atoms with Crippen molar-refractivity contribution in [3.8, 4) is 0 Å². The van der Waals surface area contributed by atoms with E-state index in [9.17, 15) is 4.79 Å². The number of hydrogen-bond donors (Lipinski definition) is 1. The van der Waals surface area contributed by atoms with E-state index < -0.39 is 5.60 Å². The predicted molar refractivity (Wildman–Crippen MR) is 91.4 cm³/mol. The van der Waals surface area contributed by atoms with Crippen LogP contribution in [0.2, 0.25) is 0 Å². The van der Waals surface area contributed by atoms with E-state index in [-0.39, 0.29) is 12.0 Å². The number of halogens is 1. The molecule has 1 aliphatic rings. The van der Waals surface area contributed by atoms with Gasteiger partial charge in [0.05, 0.1) is 5.52 Å². The second-order valence-corrected chi connectivity index (χ2v) is 7.83. The van der Waals surface area contributed by atoms with Crippen molar-refractivity contribution >= 4 is 33.2 Å². The first-order valence-electron chi connectivity index (χ1n) is 7.81. The van der Waals surface area contributed by atoms with Gasteiger partial charge < -0.3 is 14.6 Å². The topological polar surface area (TPSA) is 71.1 Å². The number of imidazole rings is 1. The van der Waals surface area contributed by atoms with Crippen molar-refractivity contribution < 1.29 is 9.53 Å². The van der Waals surface area contributed by atoms with E-state index in [1.807, 2.05) is 26.8 Å². The van der Waals surface area contributed by atoms with Gasteiger partial charge in [0, 0.05) is 29.7 Å². The van der Waals surface area contributed by atoms with Crippen LogP contribution in [0, 0.1) is 0 Å². The van der Waals surface area contributed by atoms with Gasteiger partial charge in [-0.15, -0.1) is 0 Å². The third kappa shape index (κ3) is 3.83. The average Bonchev–Trinajstić information content (AvgIpc) is 2.88. The van der Waals surface area contributed by atoms with Crippen molar-refractivity contribution in [1.29, 1.82) is 0 Å². The van der Waals surface area contributed by atoms with Gasteiger partial charge in [-0.3, -0.25) is 0 Å². The molecule has 2 aromatic rings. The Bertz CT molecular complexity index is 722. The largest absolute Gasteiger partial charge is 0.444 e. The standard InChI is InChI=1S/C16H21BrN4O2/c1-16(2,3)23-15(22)21-6-4-5-10(9-21)13-19-12-7-11(17)8-18-14(12)20-13/h7-8,10H,4-6,9H2,1-3H3,(H,18,19,20)/t10-/m1/s1. The van der Waals surface area contributed by atoms with Crippen molar-refractivity contribution in [2.45, 2.75) is 45.1 Å². The number of carbonyl (C=O) groups excluding carboxylic acids is 1. The van der Waals surface area contributed by atoms with Crippen LogP contribution in [0.15, 0.2) is 16.7 Å². The van der Waals surface area contributed by atoms with Crippen LogP contribution in [-0.4, -0.2) is 44.6 Å². The minimum absolute atomic E-state index is 0.184. The zero-order chi connectivity index (χ0) is 16.6. The molecule has 0 bridgehead atoms. The number of carbonyl (C=O) groups is 1. The SMILES string of the molecule is CC(C)(C)OC(=O)N1CCC[C@@H](c2nc3ncc(Br)cc3[nH]2)C1. The number of amides is 1. The molecule has 23 heavy (non-hydrogen) atoms. The molecule has 124 valence electrons. The van der Waals surface area contributed by atoms with Crippen molar-refractivity contribution in [3.05, 3.63) is 22.6 Å². The minimum Gasteiger partial charge on any atom is -0.444 e. The van der Waals surface area contributed by atoms with E-state index in [1.165, 1.54) is 0 Å². The number of aromatic amines is 1. The summed E-state index contributed by atoms with van der Waals surface area (Å²) in [7, 11) is 0. The summed E-state index contributed by atoms with van der Waals surface area (Å²) in [6.45, 7) is 7.00. The highest BCUT2D eigenvalue weighted by Crippen LogP contribution is 2.27. The highest BCUT2D eigenvalue weighted by molar-refractivity contribution is 9.10. The van der Waals surface area contributed by atoms with E-state index in [0.717, 1.165) is 35.2 Å². The predicted octanol–water partition coefficient (Wildman–Crippen LogP) is 3.83. The number of aromatic nitrogens is 3. The smallest absolute Gasteiger partial charge is 0.410 e. The summed E-state index contributed by atoms with van der Waals surface area (Å²) < 4.78 is 6.39. The van der Waals surface area contributed by atoms with E-state index in [2.05, 4.69) is 30.9 Å². The molecule has 0 spiro atoms. The Balaban J connectivity index is 1.75. The summed E-state index contributed by atoms with van der Waals surface area (Å²) in [5.41, 5.74) is 1.14. The van der Waals surface area contributed by atoms with E-state index in [1.54, 1.807) is 11.1 Å². The molecule has 1 saturated heterocycles. The maximum absolute atomic E-state index is 12.3. The maximum Gasteiger partial charge on any atom is 0.410 e. The van der Waals surface area contributed by atoms with Gasteiger partial charge in [-0.05, 0) is 55.6 Å². The van der Waals surface area contributed by atoms with Gasteiger partial charge in [0.25, 0.3) is 0 Å². The quantitative estimate of drug-likeness (QED) is 0.815. The number of ether oxygens (including phenoxy) is 1. The molecule has 0 aliphatic carbocycles. The maximum atomic E-state index is 12.3. The van der Waals surface area contributed by atoms with Gasteiger partial charge in [-0.25, -0.2) is 14.8 Å². The van der Waals surface area contributed by atoms with Crippen LogP contribution in [0.4, 0.5) is 4.79 Å². The first-order chi connectivity index (χ1) is 10.8. The molecule has 0 aromatic carbocycles. The fourth-order valence-electron chi connectivity index (χ4n) is 2.78. The van der Waals surface area contributed by atoms with Crippen LogP contribution in [0.5, 0.6) is 0 Å². The Morgan fingerprint density at radius 3 is 3.00 bits per heavy atom. The molecule has 2 aromatic heterocycles. The van der Waals surface area contributed by atoms with Crippen molar-refractivity contribution in [2.24, 2.45) is 0 Å². The van der Waals surface area contributed by atoms with Crippen LogP contribution >= 0.6 is 15.9 Å². The Morgan fingerprint density at radius 1 is 1.48 bits per heavy atom. The summed E-state index contributed by atoms with van der Waals surface area (Å²) in [6, 6.07) is 1.97. The number of nitrogens with zero attached hydrogens (tertiary/aromatic N) is 3. The number of H-pyrrole nitrogens is 1. The van der Waals surface area contributed by atoms with Gasteiger partial charge in [-0.2, -0.15) is 0 Å². The molecule has 3 heterocycles. The molecule has 1 N–H and O–H groups in total. The Labute approximate surface area is 143 Å². The zero-order valence-electron chi connectivity index (χ0n) is 13.6. The lowest BCUT2D eigenvalue weighted by molar-refractivity contribution is 0.0196. The van der Waals surface area contributed by atoms with Crippen LogP contribution in [0.1, 0.15) is 45.4 Å². The number of nitrogens with one attached hydrogen (secondary N) is 1. The highest BCUT2D eigenvalue weighted by Gasteiger charge is 2.29. The van der Waals surface area contributed by atoms with Gasteiger partial charge in [-0.1, -0.05) is 0 Å². The van der Waals surface area contributed by atoms with Gasteiger partial charge in [0.15, 0.2) is 5.65 Å². The third-order valence-electron chi connectivity index (χ3n) is 3.78. The minimum atomic E-state index is -0.473. The number of pyridine rings is 1. The Kier molecular flexibility index (Phi) is 4.31. The lowest BCUT2D eigenvalue weighted by atomic mass is 9.98. The van der Waals surface area contributed by atoms with Crippen LogP contribution in [-0.2, 0) is 4.74 Å². The summed E-state index contributed by atoms with van der Waals surface area (Å²) >= 11 is 3.41. The van der Waals surface area contributed by atoms with Crippen molar-refractivity contribution in [1.82, 2.24) is 19.9 Å². The number of likely N-dealkylation sites (tertiary alicyclic amines) is 1. The fourth-order valence-corrected chi connectivity index (χ4v) is 3.11. The summed E-state index contributed by atoms with van der Waals surface area (Å²) in [4.78, 5) is 26.3. The molecule has 0 radical (unpaired) electrons. The van der Waals surface area contributed by atoms with Gasteiger partial charge >= 0.3 is 6.09 Å². The number of fused-ring (bicyclic) bond motifs is 1. The van der Waals surface area contributed by atoms with Crippen LogP contribution in [0.3, 0.4) is 0 Å². The lowest BCUT2D eigenvalue weighted by Gasteiger charge is -2.33. The first-order valence-corrected chi connectivity index (χ1v) is 8.60. The van der Waals surface area contributed by atoms with Crippen LogP contribution < -0.4 is 0 Å².